The number of ketones is 1. The van der Waals surface area contributed by atoms with Gasteiger partial charge in [-0.25, -0.2) is 4.98 Å². The van der Waals surface area contributed by atoms with E-state index in [0.29, 0.717) is 16.3 Å². The van der Waals surface area contributed by atoms with Gasteiger partial charge in [-0.3, -0.25) is 10.2 Å². The number of aromatic nitrogens is 1. The number of nitrogens with zero attached hydrogens (tertiary/aromatic N) is 1. The number of nitrogen functional groups attached to an aromatic ring is 1. The van der Waals surface area contributed by atoms with Gasteiger partial charge in [0.1, 0.15) is 0 Å². The summed E-state index contributed by atoms with van der Waals surface area (Å²) >= 11 is 1.24. The molecular weight excluding hydrogens is 186 g/mol. The fourth-order valence-electron chi connectivity index (χ4n) is 1.38. The quantitative estimate of drug-likeness (QED) is 0.517. The maximum absolute atomic E-state index is 11.4. The van der Waals surface area contributed by atoms with Gasteiger partial charge in [-0.1, -0.05) is 0 Å². The lowest BCUT2D eigenvalue weighted by molar-refractivity contribution is 0.0976. The van der Waals surface area contributed by atoms with E-state index in [2.05, 4.69) is 4.98 Å². The van der Waals surface area contributed by atoms with E-state index in [-0.39, 0.29) is 11.6 Å². The summed E-state index contributed by atoms with van der Waals surface area (Å²) in [5.74, 6) is 0.0958. The number of rotatable bonds is 1. The minimum Gasteiger partial charge on any atom is -0.382 e. The molecule has 0 atom stereocenters. The van der Waals surface area contributed by atoms with Gasteiger partial charge >= 0.3 is 0 Å². The minimum absolute atomic E-state index is 0.0489. The largest absolute Gasteiger partial charge is 0.382 e. The molecule has 3 N–H and O–H groups in total. The van der Waals surface area contributed by atoms with Crippen molar-refractivity contribution in [2.24, 2.45) is 5.73 Å². The van der Waals surface area contributed by atoms with Crippen molar-refractivity contribution < 1.29 is 4.79 Å². The molecule has 1 aliphatic rings. The van der Waals surface area contributed by atoms with Gasteiger partial charge in [0, 0.05) is 6.42 Å². The zero-order valence-electron chi connectivity index (χ0n) is 6.96. The van der Waals surface area contributed by atoms with Crippen LogP contribution >= 0.6 is 11.3 Å². The SMILES string of the molecule is N=C(N)c1nc2c(s1)C(=O)CCC2. The predicted octanol–water partition coefficient (Wildman–Crippen LogP) is 0.946. The van der Waals surface area contributed by atoms with Crippen LogP contribution in [-0.4, -0.2) is 16.6 Å². The van der Waals surface area contributed by atoms with Crippen molar-refractivity contribution in [3.05, 3.63) is 15.6 Å². The Kier molecular flexibility index (Phi) is 1.88. The summed E-state index contributed by atoms with van der Waals surface area (Å²) in [5.41, 5.74) is 6.12. The van der Waals surface area contributed by atoms with E-state index in [1.54, 1.807) is 0 Å². The molecule has 0 bridgehead atoms. The van der Waals surface area contributed by atoms with Gasteiger partial charge in [0.15, 0.2) is 16.6 Å². The second kappa shape index (κ2) is 2.92. The Labute approximate surface area is 79.3 Å². The third-order valence-corrected chi connectivity index (χ3v) is 3.17. The first-order valence-corrected chi connectivity index (χ1v) is 4.87. The zero-order valence-corrected chi connectivity index (χ0v) is 7.78. The zero-order chi connectivity index (χ0) is 9.42. The number of carbonyl (C=O) groups excluding carboxylic acids is 1. The van der Waals surface area contributed by atoms with E-state index in [0.717, 1.165) is 18.5 Å². The van der Waals surface area contributed by atoms with Crippen LogP contribution in [0.25, 0.3) is 0 Å². The highest BCUT2D eigenvalue weighted by Gasteiger charge is 2.22. The van der Waals surface area contributed by atoms with Crippen LogP contribution in [-0.2, 0) is 6.42 Å². The maximum atomic E-state index is 11.4. The molecule has 0 aromatic carbocycles. The van der Waals surface area contributed by atoms with Gasteiger partial charge in [0.25, 0.3) is 0 Å². The molecule has 2 rings (SSSR count). The van der Waals surface area contributed by atoms with Crippen LogP contribution in [0.5, 0.6) is 0 Å². The summed E-state index contributed by atoms with van der Waals surface area (Å²) < 4.78 is 0. The summed E-state index contributed by atoms with van der Waals surface area (Å²) in [6.45, 7) is 0. The van der Waals surface area contributed by atoms with Gasteiger partial charge in [-0.15, -0.1) is 11.3 Å². The summed E-state index contributed by atoms with van der Waals surface area (Å²) in [7, 11) is 0. The molecule has 0 fully saturated rings. The lowest BCUT2D eigenvalue weighted by atomic mass is 10.0. The maximum Gasteiger partial charge on any atom is 0.174 e. The number of aryl methyl sites for hydroxylation is 1. The van der Waals surface area contributed by atoms with Gasteiger partial charge < -0.3 is 5.73 Å². The van der Waals surface area contributed by atoms with Crippen LogP contribution in [0.3, 0.4) is 0 Å². The Hall–Kier alpha value is -1.23. The van der Waals surface area contributed by atoms with Crippen LogP contribution in [0.2, 0.25) is 0 Å². The van der Waals surface area contributed by atoms with Crippen LogP contribution in [0.1, 0.15) is 33.2 Å². The van der Waals surface area contributed by atoms with E-state index < -0.39 is 0 Å². The lowest BCUT2D eigenvalue weighted by Crippen LogP contribution is -2.10. The molecule has 0 aliphatic heterocycles. The number of thiazole rings is 1. The van der Waals surface area contributed by atoms with Crippen LogP contribution in [0.4, 0.5) is 0 Å². The first-order chi connectivity index (χ1) is 6.18. The van der Waals surface area contributed by atoms with Gasteiger partial charge in [0.2, 0.25) is 0 Å². The summed E-state index contributed by atoms with van der Waals surface area (Å²) in [6, 6.07) is 0. The molecule has 13 heavy (non-hydrogen) atoms. The van der Waals surface area contributed by atoms with E-state index >= 15 is 0 Å². The van der Waals surface area contributed by atoms with Crippen molar-refractivity contribution >= 4 is 23.0 Å². The number of carbonyl (C=O) groups is 1. The molecule has 1 aromatic rings. The molecule has 0 radical (unpaired) electrons. The van der Waals surface area contributed by atoms with E-state index in [1.807, 2.05) is 0 Å². The number of hydrogen-bond acceptors (Lipinski definition) is 4. The molecule has 0 spiro atoms. The molecular formula is C8H9N3OS. The molecule has 0 amide bonds. The number of amidine groups is 1. The standard InChI is InChI=1S/C8H9N3OS/c9-7(10)8-11-4-2-1-3-5(12)6(4)13-8/h1-3H2,(H3,9,10). The van der Waals surface area contributed by atoms with Crippen molar-refractivity contribution in [3.8, 4) is 0 Å². The number of nitrogens with two attached hydrogens (primary N) is 1. The van der Waals surface area contributed by atoms with Crippen LogP contribution in [0.15, 0.2) is 0 Å². The summed E-state index contributed by atoms with van der Waals surface area (Å²) in [5, 5.41) is 7.67. The van der Waals surface area contributed by atoms with Gasteiger partial charge in [-0.05, 0) is 12.8 Å². The summed E-state index contributed by atoms with van der Waals surface area (Å²) in [4.78, 5) is 16.2. The molecule has 1 aliphatic carbocycles. The molecule has 5 heteroatoms. The average molecular weight is 195 g/mol. The minimum atomic E-state index is -0.0489. The first kappa shape index (κ1) is 8.37. The normalized spacial score (nSPS) is 15.5. The molecule has 0 saturated carbocycles. The van der Waals surface area contributed by atoms with E-state index in [9.17, 15) is 4.79 Å². The second-order valence-corrected chi connectivity index (χ2v) is 3.98. The molecule has 0 saturated heterocycles. The Morgan fingerprint density at radius 3 is 2.92 bits per heavy atom. The number of nitrogens with one attached hydrogen (secondary N) is 1. The second-order valence-electron chi connectivity index (χ2n) is 2.99. The Morgan fingerprint density at radius 1 is 1.54 bits per heavy atom. The van der Waals surface area contributed by atoms with Crippen molar-refractivity contribution in [1.82, 2.24) is 4.98 Å². The number of fused-ring (bicyclic) bond motifs is 1. The van der Waals surface area contributed by atoms with Gasteiger partial charge in [0.05, 0.1) is 10.6 Å². The predicted molar refractivity (Wildman–Crippen MR) is 50.4 cm³/mol. The number of Topliss-reactive ketones (excluding diaryl/α,β-unsaturated/α-hetero) is 1. The average Bonchev–Trinajstić information content (AvgIpc) is 2.49. The number of hydrogen-bond donors (Lipinski definition) is 2. The first-order valence-electron chi connectivity index (χ1n) is 4.06. The smallest absolute Gasteiger partial charge is 0.174 e. The van der Waals surface area contributed by atoms with Crippen molar-refractivity contribution in [2.45, 2.75) is 19.3 Å². The Balaban J connectivity index is 2.48. The Bertz CT molecular complexity index is 383. The highest BCUT2D eigenvalue weighted by molar-refractivity contribution is 7.15. The highest BCUT2D eigenvalue weighted by atomic mass is 32.1. The monoisotopic (exact) mass is 195 g/mol. The molecule has 0 unspecified atom stereocenters. The van der Waals surface area contributed by atoms with Crippen molar-refractivity contribution in [2.75, 3.05) is 0 Å². The topological polar surface area (TPSA) is 79.8 Å². The van der Waals surface area contributed by atoms with E-state index in [1.165, 1.54) is 11.3 Å². The summed E-state index contributed by atoms with van der Waals surface area (Å²) in [6.07, 6.45) is 2.31. The molecule has 4 nitrogen and oxygen atoms in total. The van der Waals surface area contributed by atoms with Crippen LogP contribution in [0, 0.1) is 5.41 Å². The Morgan fingerprint density at radius 2 is 2.31 bits per heavy atom. The van der Waals surface area contributed by atoms with Crippen molar-refractivity contribution in [1.29, 1.82) is 5.41 Å². The van der Waals surface area contributed by atoms with Crippen molar-refractivity contribution in [3.63, 3.8) is 0 Å². The molecule has 1 aromatic heterocycles. The molecule has 1 heterocycles. The van der Waals surface area contributed by atoms with Gasteiger partial charge in [-0.2, -0.15) is 0 Å². The molecule has 68 valence electrons. The van der Waals surface area contributed by atoms with E-state index in [4.69, 9.17) is 11.1 Å². The third-order valence-electron chi connectivity index (χ3n) is 2.00. The fourth-order valence-corrected chi connectivity index (χ4v) is 2.32. The fraction of sp³-hybridized carbons (Fsp3) is 0.375. The third kappa shape index (κ3) is 1.35. The lowest BCUT2D eigenvalue weighted by Gasteiger charge is -2.06. The van der Waals surface area contributed by atoms with Crippen LogP contribution < -0.4 is 5.73 Å². The highest BCUT2D eigenvalue weighted by Crippen LogP contribution is 2.26.